The van der Waals surface area contributed by atoms with E-state index < -0.39 is 0 Å². The predicted molar refractivity (Wildman–Crippen MR) is 108 cm³/mol. The van der Waals surface area contributed by atoms with Crippen LogP contribution in [0.2, 0.25) is 5.02 Å². The summed E-state index contributed by atoms with van der Waals surface area (Å²) in [6.45, 7) is 6.44. The first-order valence-electron chi connectivity index (χ1n) is 9.53. The van der Waals surface area contributed by atoms with Crippen molar-refractivity contribution in [3.63, 3.8) is 0 Å². The minimum absolute atomic E-state index is 0.0120. The number of methoxy groups -OCH3 is 1. The number of benzene rings is 2. The van der Waals surface area contributed by atoms with Gasteiger partial charge in [-0.15, -0.1) is 0 Å². The van der Waals surface area contributed by atoms with E-state index in [0.717, 1.165) is 44.0 Å². The molecule has 2 aromatic rings. The Bertz CT molecular complexity index is 808. The number of ether oxygens (including phenoxy) is 1. The Morgan fingerprint density at radius 1 is 1.18 bits per heavy atom. The topological polar surface area (TPSA) is 47.2 Å². The molecule has 0 radical (unpaired) electrons. The number of hydrogen-bond acceptors (Lipinski definition) is 2. The highest BCUT2D eigenvalue weighted by molar-refractivity contribution is 6.30. The number of rotatable bonds is 6. The monoisotopic (exact) mass is 407 g/mol. The lowest BCUT2D eigenvalue weighted by Crippen LogP contribution is -3.29. The van der Waals surface area contributed by atoms with Crippen molar-refractivity contribution in [2.24, 2.45) is 0 Å². The highest BCUT2D eigenvalue weighted by atomic mass is 35.5. The molecule has 1 fully saturated rings. The predicted octanol–water partition coefficient (Wildman–Crippen LogP) is 0.798. The third kappa shape index (κ3) is 5.22. The molecule has 3 rings (SSSR count). The van der Waals surface area contributed by atoms with E-state index in [1.165, 1.54) is 16.9 Å². The fourth-order valence-electron chi connectivity index (χ4n) is 3.61. The maximum Gasteiger partial charge on any atom is 0.282 e. The number of carbonyl (C=O) groups is 1. The minimum Gasteiger partial charge on any atom is -0.494 e. The third-order valence-electron chi connectivity index (χ3n) is 5.39. The van der Waals surface area contributed by atoms with Crippen molar-refractivity contribution in [1.82, 2.24) is 0 Å². The maximum absolute atomic E-state index is 13.9. The molecule has 0 spiro atoms. The van der Waals surface area contributed by atoms with Gasteiger partial charge in [0.2, 0.25) is 0 Å². The molecule has 0 unspecified atom stereocenters. The molecule has 150 valence electrons. The average Bonchev–Trinajstić information content (AvgIpc) is 2.70. The number of quaternary nitrogens is 2. The zero-order valence-corrected chi connectivity index (χ0v) is 17.0. The van der Waals surface area contributed by atoms with E-state index in [9.17, 15) is 9.18 Å². The van der Waals surface area contributed by atoms with Gasteiger partial charge in [0.05, 0.1) is 7.11 Å². The zero-order valence-electron chi connectivity index (χ0n) is 16.2. The Kier molecular flexibility index (Phi) is 6.88. The molecule has 1 atom stereocenters. The molecule has 28 heavy (non-hydrogen) atoms. The van der Waals surface area contributed by atoms with Crippen molar-refractivity contribution in [3.05, 3.63) is 58.9 Å². The van der Waals surface area contributed by atoms with Crippen LogP contribution >= 0.6 is 11.6 Å². The molecule has 1 heterocycles. The highest BCUT2D eigenvalue weighted by Crippen LogP contribution is 2.17. The number of hydrogen-bond donors (Lipinski definition) is 3. The van der Waals surface area contributed by atoms with Gasteiger partial charge in [-0.2, -0.15) is 0 Å². The SMILES string of the molecule is COc1ccc(C[NH+]2CC[NH+]([C@H](C)C(=O)Nc3ccc(Cl)cc3)CC2)cc1F. The summed E-state index contributed by atoms with van der Waals surface area (Å²) >= 11 is 5.88. The Morgan fingerprint density at radius 3 is 2.46 bits per heavy atom. The highest BCUT2D eigenvalue weighted by Gasteiger charge is 2.31. The summed E-state index contributed by atoms with van der Waals surface area (Å²) in [4.78, 5) is 15.2. The van der Waals surface area contributed by atoms with Gasteiger partial charge < -0.3 is 19.9 Å². The zero-order chi connectivity index (χ0) is 20.1. The van der Waals surface area contributed by atoms with Crippen LogP contribution in [0.15, 0.2) is 42.5 Å². The van der Waals surface area contributed by atoms with Crippen molar-refractivity contribution in [3.8, 4) is 5.75 Å². The average molecular weight is 408 g/mol. The molecule has 5 nitrogen and oxygen atoms in total. The van der Waals surface area contributed by atoms with Crippen LogP contribution in [0.25, 0.3) is 0 Å². The van der Waals surface area contributed by atoms with E-state index in [2.05, 4.69) is 5.32 Å². The third-order valence-corrected chi connectivity index (χ3v) is 5.64. The first-order chi connectivity index (χ1) is 13.5. The summed E-state index contributed by atoms with van der Waals surface area (Å²) in [6, 6.07) is 12.1. The lowest BCUT2D eigenvalue weighted by atomic mass is 10.1. The first kappa shape index (κ1) is 20.6. The number of halogens is 2. The first-order valence-corrected chi connectivity index (χ1v) is 9.91. The maximum atomic E-state index is 13.9. The largest absolute Gasteiger partial charge is 0.494 e. The molecule has 0 bridgehead atoms. The number of carbonyl (C=O) groups excluding carboxylic acids is 1. The van der Waals surface area contributed by atoms with Crippen LogP contribution in [0.5, 0.6) is 5.75 Å². The van der Waals surface area contributed by atoms with Crippen molar-refractivity contribution >= 4 is 23.2 Å². The van der Waals surface area contributed by atoms with Gasteiger partial charge in [0.25, 0.3) is 5.91 Å². The standard InChI is InChI=1S/C21H25ClFN3O2/c1-15(21(27)24-18-6-4-17(22)5-7-18)26-11-9-25(10-12-26)14-16-3-8-20(28-2)19(23)13-16/h3-8,13,15H,9-12,14H2,1-2H3,(H,24,27)/p+2/t15-/m1/s1. The van der Waals surface area contributed by atoms with Crippen molar-refractivity contribution in [2.75, 3.05) is 38.6 Å². The molecule has 3 N–H and O–H groups in total. The molecule has 0 saturated carbocycles. The molecule has 1 amide bonds. The van der Waals surface area contributed by atoms with Gasteiger partial charge >= 0.3 is 0 Å². The van der Waals surface area contributed by atoms with Crippen molar-refractivity contribution in [1.29, 1.82) is 0 Å². The molecule has 0 aliphatic carbocycles. The van der Waals surface area contributed by atoms with Gasteiger partial charge in [-0.1, -0.05) is 11.6 Å². The van der Waals surface area contributed by atoms with E-state index in [1.807, 2.05) is 13.0 Å². The van der Waals surface area contributed by atoms with Crippen molar-refractivity contribution in [2.45, 2.75) is 19.5 Å². The van der Waals surface area contributed by atoms with Crippen LogP contribution in [0.3, 0.4) is 0 Å². The Hall–Kier alpha value is -2.15. The van der Waals surface area contributed by atoms with Gasteiger partial charge in [-0.05, 0) is 49.4 Å². The molecule has 1 saturated heterocycles. The summed E-state index contributed by atoms with van der Waals surface area (Å²) < 4.78 is 18.8. The molecule has 1 aliphatic rings. The molecular weight excluding hydrogens is 381 g/mol. The molecule has 7 heteroatoms. The summed E-state index contributed by atoms with van der Waals surface area (Å²) in [5.41, 5.74) is 1.72. The van der Waals surface area contributed by atoms with E-state index >= 15 is 0 Å². The Balaban J connectivity index is 1.49. The van der Waals surface area contributed by atoms with Crippen LogP contribution in [-0.4, -0.2) is 45.2 Å². The minimum atomic E-state index is -0.323. The van der Waals surface area contributed by atoms with Gasteiger partial charge in [-0.3, -0.25) is 4.79 Å². The number of piperazine rings is 1. The summed E-state index contributed by atoms with van der Waals surface area (Å²) in [5, 5.41) is 3.60. The smallest absolute Gasteiger partial charge is 0.282 e. The van der Waals surface area contributed by atoms with Crippen LogP contribution in [0.1, 0.15) is 12.5 Å². The second-order valence-corrected chi connectivity index (χ2v) is 7.71. The molecule has 2 aromatic carbocycles. The van der Waals surface area contributed by atoms with Gasteiger partial charge in [0, 0.05) is 16.3 Å². The Labute approximate surface area is 170 Å². The second kappa shape index (κ2) is 9.37. The number of anilines is 1. The van der Waals surface area contributed by atoms with E-state index in [4.69, 9.17) is 16.3 Å². The van der Waals surface area contributed by atoms with E-state index in [0.29, 0.717) is 5.02 Å². The van der Waals surface area contributed by atoms with Crippen LogP contribution in [-0.2, 0) is 11.3 Å². The van der Waals surface area contributed by atoms with Gasteiger partial charge in [0.1, 0.15) is 32.7 Å². The Morgan fingerprint density at radius 2 is 1.86 bits per heavy atom. The number of amides is 1. The summed E-state index contributed by atoms with van der Waals surface area (Å²) in [7, 11) is 1.47. The van der Waals surface area contributed by atoms with Gasteiger partial charge in [0.15, 0.2) is 17.6 Å². The normalized spacial score (nSPS) is 20.4. The fourth-order valence-corrected chi connectivity index (χ4v) is 3.74. The van der Waals surface area contributed by atoms with E-state index in [-0.39, 0.29) is 23.5 Å². The van der Waals surface area contributed by atoms with Crippen LogP contribution < -0.4 is 19.9 Å². The molecule has 0 aromatic heterocycles. The van der Waals surface area contributed by atoms with E-state index in [1.54, 1.807) is 36.4 Å². The second-order valence-electron chi connectivity index (χ2n) is 7.27. The van der Waals surface area contributed by atoms with Gasteiger partial charge in [-0.25, -0.2) is 4.39 Å². The quantitative estimate of drug-likeness (QED) is 0.663. The van der Waals surface area contributed by atoms with Crippen molar-refractivity contribution < 1.29 is 23.7 Å². The summed E-state index contributed by atoms with van der Waals surface area (Å²) in [6.07, 6.45) is 0. The lowest BCUT2D eigenvalue weighted by Gasteiger charge is -2.32. The summed E-state index contributed by atoms with van der Waals surface area (Å²) in [5.74, 6) is -0.0392. The molecule has 1 aliphatic heterocycles. The number of nitrogens with one attached hydrogen (secondary N) is 3. The van der Waals surface area contributed by atoms with Crippen LogP contribution in [0.4, 0.5) is 10.1 Å². The fraction of sp³-hybridized carbons (Fsp3) is 0.381. The molecular formula is C21H27ClFN3O2+2. The lowest BCUT2D eigenvalue weighted by molar-refractivity contribution is -1.02. The van der Waals surface area contributed by atoms with Crippen LogP contribution in [0, 0.1) is 5.82 Å².